The van der Waals surface area contributed by atoms with E-state index in [2.05, 4.69) is 5.32 Å². The van der Waals surface area contributed by atoms with Crippen LogP contribution >= 0.6 is 0 Å². The summed E-state index contributed by atoms with van der Waals surface area (Å²) in [6.45, 7) is 3.46. The molecular weight excluding hydrogens is 446 g/mol. The summed E-state index contributed by atoms with van der Waals surface area (Å²) in [5, 5.41) is 3.34. The zero-order chi connectivity index (χ0) is 24.2. The number of methoxy groups -OCH3 is 1. The number of nitrogens with one attached hydrogen (secondary N) is 1. The van der Waals surface area contributed by atoms with Crippen molar-refractivity contribution in [1.29, 1.82) is 0 Å². The first kappa shape index (κ1) is 23.5. The molecule has 2 fully saturated rings. The molecule has 0 atom stereocenters. The van der Waals surface area contributed by atoms with E-state index in [0.29, 0.717) is 25.4 Å². The average Bonchev–Trinajstić information content (AvgIpc) is 2.90. The van der Waals surface area contributed by atoms with Crippen molar-refractivity contribution < 1.29 is 23.8 Å². The Morgan fingerprint density at radius 3 is 2.63 bits per heavy atom. The van der Waals surface area contributed by atoms with Gasteiger partial charge in [-0.1, -0.05) is 24.3 Å². The Hall–Kier alpha value is -3.26. The molecule has 3 heterocycles. The van der Waals surface area contributed by atoms with Gasteiger partial charge in [-0.15, -0.1) is 0 Å². The lowest BCUT2D eigenvalue weighted by Crippen LogP contribution is -2.50. The van der Waals surface area contributed by atoms with Crippen LogP contribution in [0.5, 0.6) is 11.5 Å². The summed E-state index contributed by atoms with van der Waals surface area (Å²) in [5.74, 6) is 1.52. The van der Waals surface area contributed by atoms with Crippen LogP contribution in [0.1, 0.15) is 36.8 Å². The second-order valence-electron chi connectivity index (χ2n) is 9.38. The zero-order valence-electron chi connectivity index (χ0n) is 20.2. The molecule has 35 heavy (non-hydrogen) atoms. The van der Waals surface area contributed by atoms with E-state index >= 15 is 0 Å². The van der Waals surface area contributed by atoms with Crippen LogP contribution in [-0.2, 0) is 22.6 Å². The lowest BCUT2D eigenvalue weighted by atomic mass is 10.00. The third-order valence-corrected chi connectivity index (χ3v) is 7.17. The molecule has 0 unspecified atom stereocenters. The summed E-state index contributed by atoms with van der Waals surface area (Å²) in [5.41, 5.74) is 2.79. The Bertz CT molecular complexity index is 1060. The summed E-state index contributed by atoms with van der Waals surface area (Å²) in [6.07, 6.45) is 3.59. The largest absolute Gasteiger partial charge is 0.496 e. The Kier molecular flexibility index (Phi) is 7.08. The molecule has 2 aromatic carbocycles. The fraction of sp³-hybridized carbons (Fsp3) is 0.481. The van der Waals surface area contributed by atoms with Crippen LogP contribution in [0, 0.1) is 0 Å². The molecule has 3 aliphatic heterocycles. The van der Waals surface area contributed by atoms with Crippen molar-refractivity contribution in [3.63, 3.8) is 0 Å². The van der Waals surface area contributed by atoms with E-state index in [4.69, 9.17) is 14.2 Å². The molecule has 5 rings (SSSR count). The molecule has 0 radical (unpaired) electrons. The van der Waals surface area contributed by atoms with Crippen molar-refractivity contribution in [2.45, 2.75) is 50.9 Å². The van der Waals surface area contributed by atoms with Gasteiger partial charge in [0, 0.05) is 36.3 Å². The number of para-hydroxylation sites is 1. The molecule has 3 aliphatic rings. The first-order chi connectivity index (χ1) is 17.1. The zero-order valence-corrected chi connectivity index (χ0v) is 20.2. The van der Waals surface area contributed by atoms with E-state index in [1.54, 1.807) is 12.0 Å². The molecular formula is C27H33N3O5. The van der Waals surface area contributed by atoms with E-state index in [9.17, 15) is 9.59 Å². The van der Waals surface area contributed by atoms with E-state index in [1.807, 2.05) is 47.4 Å². The SMILES string of the molecule is COc1cc(OC2CCNCC2)ccc1CC(=O)N1CCC(N2C(=O)OCc3ccccc32)CC1. The maximum atomic E-state index is 13.1. The number of carbonyl (C=O) groups excluding carboxylic acids is 2. The molecule has 0 spiro atoms. The molecule has 2 aromatic rings. The van der Waals surface area contributed by atoms with Gasteiger partial charge in [0.25, 0.3) is 0 Å². The quantitative estimate of drug-likeness (QED) is 0.683. The lowest BCUT2D eigenvalue weighted by Gasteiger charge is -2.40. The van der Waals surface area contributed by atoms with Crippen LogP contribution in [0.4, 0.5) is 10.5 Å². The number of likely N-dealkylation sites (tertiary alicyclic amines) is 1. The van der Waals surface area contributed by atoms with Crippen molar-refractivity contribution in [1.82, 2.24) is 10.2 Å². The van der Waals surface area contributed by atoms with Gasteiger partial charge in [-0.3, -0.25) is 9.69 Å². The highest BCUT2D eigenvalue weighted by molar-refractivity contribution is 5.91. The third-order valence-electron chi connectivity index (χ3n) is 7.17. The fourth-order valence-electron chi connectivity index (χ4n) is 5.22. The summed E-state index contributed by atoms with van der Waals surface area (Å²) in [6, 6.07) is 13.6. The number of anilines is 1. The van der Waals surface area contributed by atoms with Crippen LogP contribution < -0.4 is 19.7 Å². The summed E-state index contributed by atoms with van der Waals surface area (Å²) < 4.78 is 17.1. The minimum Gasteiger partial charge on any atom is -0.496 e. The van der Waals surface area contributed by atoms with Crippen LogP contribution in [-0.4, -0.2) is 62.3 Å². The van der Waals surface area contributed by atoms with Crippen LogP contribution in [0.2, 0.25) is 0 Å². The van der Waals surface area contributed by atoms with Crippen molar-refractivity contribution in [3.05, 3.63) is 53.6 Å². The van der Waals surface area contributed by atoms with Crippen molar-refractivity contribution >= 4 is 17.7 Å². The number of amides is 2. The number of cyclic esters (lactones) is 1. The Morgan fingerprint density at radius 2 is 1.86 bits per heavy atom. The standard InChI is InChI=1S/C27H33N3O5/c1-33-25-17-23(35-22-8-12-28-13-9-22)7-6-19(25)16-26(31)29-14-10-21(11-15-29)30-24-5-3-2-4-20(24)18-34-27(30)32/h2-7,17,21-22,28H,8-16,18H2,1H3. The van der Waals surface area contributed by atoms with Gasteiger partial charge < -0.3 is 24.4 Å². The second-order valence-corrected chi connectivity index (χ2v) is 9.38. The highest BCUT2D eigenvalue weighted by atomic mass is 16.6. The van der Waals surface area contributed by atoms with Crippen LogP contribution in [0.15, 0.2) is 42.5 Å². The first-order valence-corrected chi connectivity index (χ1v) is 12.5. The second kappa shape index (κ2) is 10.6. The number of rotatable bonds is 6. The van der Waals surface area contributed by atoms with Gasteiger partial charge in [-0.2, -0.15) is 0 Å². The molecule has 0 aliphatic carbocycles. The van der Waals surface area contributed by atoms with Crippen LogP contribution in [0.3, 0.4) is 0 Å². The van der Waals surface area contributed by atoms with Gasteiger partial charge in [0.05, 0.1) is 19.2 Å². The Labute approximate surface area is 206 Å². The maximum Gasteiger partial charge on any atom is 0.414 e. The molecule has 0 aromatic heterocycles. The number of piperidine rings is 2. The monoisotopic (exact) mass is 479 g/mol. The van der Waals surface area contributed by atoms with Gasteiger partial charge in [0.2, 0.25) is 5.91 Å². The minimum atomic E-state index is -0.301. The molecule has 8 heteroatoms. The van der Waals surface area contributed by atoms with Crippen molar-refractivity contribution in [2.75, 3.05) is 38.2 Å². The number of fused-ring (bicyclic) bond motifs is 1. The van der Waals surface area contributed by atoms with E-state index in [-0.39, 0.29) is 30.6 Å². The molecule has 1 N–H and O–H groups in total. The van der Waals surface area contributed by atoms with Crippen molar-refractivity contribution in [3.8, 4) is 11.5 Å². The van der Waals surface area contributed by atoms with Gasteiger partial charge in [-0.25, -0.2) is 4.79 Å². The van der Waals surface area contributed by atoms with Gasteiger partial charge >= 0.3 is 6.09 Å². The normalized spacial score (nSPS) is 19.2. The molecule has 0 saturated carbocycles. The number of hydrogen-bond acceptors (Lipinski definition) is 6. The van der Waals surface area contributed by atoms with E-state index < -0.39 is 0 Å². The predicted octanol–water partition coefficient (Wildman–Crippen LogP) is 3.52. The number of carbonyl (C=O) groups is 2. The van der Waals surface area contributed by atoms with Gasteiger partial charge in [0.1, 0.15) is 24.2 Å². The van der Waals surface area contributed by atoms with E-state index in [0.717, 1.165) is 61.3 Å². The van der Waals surface area contributed by atoms with Crippen molar-refractivity contribution in [2.24, 2.45) is 0 Å². The molecule has 2 amide bonds. The van der Waals surface area contributed by atoms with E-state index in [1.165, 1.54) is 0 Å². The number of benzene rings is 2. The third kappa shape index (κ3) is 5.22. The maximum absolute atomic E-state index is 13.1. The molecule has 186 valence electrons. The number of nitrogens with zero attached hydrogens (tertiary/aromatic N) is 2. The highest BCUT2D eigenvalue weighted by Crippen LogP contribution is 2.32. The fourth-order valence-corrected chi connectivity index (χ4v) is 5.22. The first-order valence-electron chi connectivity index (χ1n) is 12.5. The number of hydrogen-bond donors (Lipinski definition) is 1. The number of ether oxygens (including phenoxy) is 3. The molecule has 2 saturated heterocycles. The van der Waals surface area contributed by atoms with Gasteiger partial charge in [0.15, 0.2) is 0 Å². The Balaban J connectivity index is 1.19. The average molecular weight is 480 g/mol. The summed E-state index contributed by atoms with van der Waals surface area (Å²) >= 11 is 0. The lowest BCUT2D eigenvalue weighted by molar-refractivity contribution is -0.131. The molecule has 8 nitrogen and oxygen atoms in total. The summed E-state index contributed by atoms with van der Waals surface area (Å²) in [7, 11) is 1.62. The summed E-state index contributed by atoms with van der Waals surface area (Å²) in [4.78, 5) is 29.3. The van der Waals surface area contributed by atoms with Gasteiger partial charge in [-0.05, 0) is 50.9 Å². The minimum absolute atomic E-state index is 0.0222. The molecule has 0 bridgehead atoms. The smallest absolute Gasteiger partial charge is 0.414 e. The predicted molar refractivity (Wildman–Crippen MR) is 132 cm³/mol. The van der Waals surface area contributed by atoms with Crippen LogP contribution in [0.25, 0.3) is 0 Å². The highest BCUT2D eigenvalue weighted by Gasteiger charge is 2.35. The Morgan fingerprint density at radius 1 is 1.09 bits per heavy atom. The topological polar surface area (TPSA) is 80.3 Å².